The van der Waals surface area contributed by atoms with E-state index in [1.54, 1.807) is 31.9 Å². The highest BCUT2D eigenvalue weighted by Crippen LogP contribution is 2.25. The fourth-order valence-electron chi connectivity index (χ4n) is 3.77. The van der Waals surface area contributed by atoms with Crippen LogP contribution in [0.4, 0.5) is 10.6 Å². The zero-order chi connectivity index (χ0) is 21.2. The molecule has 2 heterocycles. The van der Waals surface area contributed by atoms with Crippen LogP contribution in [0.15, 0.2) is 30.5 Å². The van der Waals surface area contributed by atoms with Gasteiger partial charge in [0.05, 0.1) is 13.2 Å². The molecule has 1 saturated heterocycles. The molecule has 1 aromatic carbocycles. The Morgan fingerprint density at radius 3 is 2.59 bits per heavy atom. The number of benzene rings is 1. The highest BCUT2D eigenvalue weighted by molar-refractivity contribution is 5.91. The van der Waals surface area contributed by atoms with E-state index in [0.29, 0.717) is 32.1 Å². The van der Waals surface area contributed by atoms with Crippen LogP contribution in [0.5, 0.6) is 0 Å². The average molecular weight is 400 g/mol. The van der Waals surface area contributed by atoms with E-state index in [4.69, 9.17) is 10.5 Å². The third kappa shape index (κ3) is 4.59. The number of nitrogen functional groups attached to an aromatic ring is 1. The lowest BCUT2D eigenvalue weighted by Crippen LogP contribution is -2.59. The number of aromatic nitrogens is 1. The number of pyridine rings is 1. The van der Waals surface area contributed by atoms with E-state index < -0.39 is 17.7 Å². The number of carbonyl (C=O) groups is 2. The lowest BCUT2D eigenvalue weighted by atomic mass is 9.96. The summed E-state index contributed by atoms with van der Waals surface area (Å²) < 4.78 is 5.34. The molecule has 1 aromatic heterocycles. The monoisotopic (exact) mass is 400 g/mol. The van der Waals surface area contributed by atoms with E-state index in [-0.39, 0.29) is 12.3 Å². The Bertz CT molecular complexity index is 903. The molecule has 1 atom stereocenters. The Morgan fingerprint density at radius 1 is 1.28 bits per heavy atom. The normalized spacial score (nSPS) is 15.9. The van der Waals surface area contributed by atoms with Gasteiger partial charge in [0.1, 0.15) is 11.9 Å². The van der Waals surface area contributed by atoms with Crippen LogP contribution in [-0.2, 0) is 16.0 Å². The number of hydrogen-bond donors (Lipinski definition) is 2. The number of fused-ring (bicyclic) bond motifs is 1. The second-order valence-corrected chi connectivity index (χ2v) is 8.23. The van der Waals surface area contributed by atoms with Crippen molar-refractivity contribution in [3.05, 3.63) is 36.0 Å². The van der Waals surface area contributed by atoms with E-state index in [0.717, 1.165) is 16.3 Å². The number of morpholine rings is 1. The van der Waals surface area contributed by atoms with Crippen molar-refractivity contribution in [2.75, 3.05) is 32.0 Å². The summed E-state index contributed by atoms with van der Waals surface area (Å²) in [5.41, 5.74) is 6.06. The number of hydrogen-bond acceptors (Lipinski definition) is 5. The zero-order valence-electron chi connectivity index (χ0n) is 17.1. The summed E-state index contributed by atoms with van der Waals surface area (Å²) in [7, 11) is 0. The second-order valence-electron chi connectivity index (χ2n) is 8.23. The summed E-state index contributed by atoms with van der Waals surface area (Å²) in [6, 6.07) is 6.71. The van der Waals surface area contributed by atoms with E-state index in [9.17, 15) is 14.7 Å². The van der Waals surface area contributed by atoms with Crippen LogP contribution in [0, 0.1) is 0 Å². The van der Waals surface area contributed by atoms with Crippen LogP contribution in [0.25, 0.3) is 10.8 Å². The molecule has 0 aliphatic carbocycles. The lowest BCUT2D eigenvalue weighted by molar-refractivity contribution is -0.142. The number of anilines is 1. The molecule has 1 aliphatic rings. The fraction of sp³-hybridized carbons (Fsp3) is 0.476. The van der Waals surface area contributed by atoms with Gasteiger partial charge in [-0.3, -0.25) is 9.69 Å². The Morgan fingerprint density at radius 2 is 1.97 bits per heavy atom. The number of nitrogens with zero attached hydrogens (tertiary/aromatic N) is 3. The van der Waals surface area contributed by atoms with Crippen molar-refractivity contribution in [2.24, 2.45) is 0 Å². The molecule has 2 aromatic rings. The molecule has 0 radical (unpaired) electrons. The van der Waals surface area contributed by atoms with Crippen molar-refractivity contribution in [3.63, 3.8) is 0 Å². The number of nitrogens with two attached hydrogens (primary N) is 1. The Labute approximate surface area is 170 Å². The highest BCUT2D eigenvalue weighted by Gasteiger charge is 2.39. The van der Waals surface area contributed by atoms with Gasteiger partial charge in [0, 0.05) is 36.6 Å². The Kier molecular flexibility index (Phi) is 5.93. The number of carboxylic acid groups (broad SMARTS) is 1. The van der Waals surface area contributed by atoms with Gasteiger partial charge in [0.25, 0.3) is 0 Å². The van der Waals surface area contributed by atoms with Gasteiger partial charge in [-0.2, -0.15) is 0 Å². The maximum atomic E-state index is 13.3. The van der Waals surface area contributed by atoms with E-state index in [2.05, 4.69) is 4.98 Å². The molecule has 29 heavy (non-hydrogen) atoms. The van der Waals surface area contributed by atoms with Gasteiger partial charge in [-0.1, -0.05) is 18.2 Å². The molecule has 0 bridgehead atoms. The lowest BCUT2D eigenvalue weighted by Gasteiger charge is -2.41. The maximum absolute atomic E-state index is 13.3. The summed E-state index contributed by atoms with van der Waals surface area (Å²) in [6.07, 6.45) is 0.799. The van der Waals surface area contributed by atoms with Crippen molar-refractivity contribution in [3.8, 4) is 0 Å². The minimum Gasteiger partial charge on any atom is -0.465 e. The van der Waals surface area contributed by atoms with E-state index in [1.807, 2.05) is 24.3 Å². The number of carbonyl (C=O) groups excluding carboxylic acids is 1. The van der Waals surface area contributed by atoms with Gasteiger partial charge < -0.3 is 20.5 Å². The number of amides is 2. The maximum Gasteiger partial charge on any atom is 0.408 e. The van der Waals surface area contributed by atoms with Crippen molar-refractivity contribution in [1.29, 1.82) is 0 Å². The predicted octanol–water partition coefficient (Wildman–Crippen LogP) is 2.37. The molecule has 156 valence electrons. The highest BCUT2D eigenvalue weighted by atomic mass is 16.5. The molecule has 1 fully saturated rings. The quantitative estimate of drug-likeness (QED) is 0.815. The van der Waals surface area contributed by atoms with Crippen LogP contribution in [0.1, 0.15) is 26.3 Å². The summed E-state index contributed by atoms with van der Waals surface area (Å²) in [4.78, 5) is 32.5. The van der Waals surface area contributed by atoms with E-state index >= 15 is 0 Å². The van der Waals surface area contributed by atoms with Crippen LogP contribution in [0.2, 0.25) is 0 Å². The van der Waals surface area contributed by atoms with Crippen molar-refractivity contribution in [2.45, 2.75) is 38.8 Å². The largest absolute Gasteiger partial charge is 0.465 e. The topological polar surface area (TPSA) is 109 Å². The molecule has 0 saturated carbocycles. The van der Waals surface area contributed by atoms with Gasteiger partial charge in [-0.05, 0) is 37.8 Å². The first-order chi connectivity index (χ1) is 13.7. The first-order valence-corrected chi connectivity index (χ1v) is 9.70. The van der Waals surface area contributed by atoms with Crippen molar-refractivity contribution in [1.82, 2.24) is 14.8 Å². The summed E-state index contributed by atoms with van der Waals surface area (Å²) in [6.45, 7) is 7.25. The smallest absolute Gasteiger partial charge is 0.408 e. The van der Waals surface area contributed by atoms with Crippen LogP contribution < -0.4 is 5.73 Å². The van der Waals surface area contributed by atoms with Crippen LogP contribution in [0.3, 0.4) is 0 Å². The number of ether oxygens (including phenoxy) is 1. The molecule has 3 rings (SSSR count). The first-order valence-electron chi connectivity index (χ1n) is 9.70. The Hall–Kier alpha value is -2.87. The van der Waals surface area contributed by atoms with Gasteiger partial charge in [-0.25, -0.2) is 9.78 Å². The van der Waals surface area contributed by atoms with Crippen LogP contribution in [-0.4, -0.2) is 69.8 Å². The SMILES string of the molecule is CC(C)(C)N(C(=O)O)C(Cc1ccc2c(N)nccc2c1)C(=O)N1CCOCC1. The molecule has 0 spiro atoms. The van der Waals surface area contributed by atoms with Gasteiger partial charge in [0.2, 0.25) is 5.91 Å². The third-order valence-corrected chi connectivity index (χ3v) is 5.14. The Balaban J connectivity index is 1.98. The summed E-state index contributed by atoms with van der Waals surface area (Å²) in [5.74, 6) is 0.247. The first kappa shape index (κ1) is 20.9. The molecule has 1 unspecified atom stereocenters. The molecule has 3 N–H and O–H groups in total. The fourth-order valence-corrected chi connectivity index (χ4v) is 3.77. The van der Waals surface area contributed by atoms with Gasteiger partial charge in [0.15, 0.2) is 0 Å². The second kappa shape index (κ2) is 8.24. The number of rotatable bonds is 4. The minimum atomic E-state index is -1.11. The molecular formula is C21H28N4O4. The zero-order valence-corrected chi connectivity index (χ0v) is 17.1. The van der Waals surface area contributed by atoms with Gasteiger partial charge in [-0.15, -0.1) is 0 Å². The summed E-state index contributed by atoms with van der Waals surface area (Å²) in [5, 5.41) is 11.7. The molecular weight excluding hydrogens is 372 g/mol. The van der Waals surface area contributed by atoms with Crippen molar-refractivity contribution < 1.29 is 19.4 Å². The average Bonchev–Trinajstić information content (AvgIpc) is 2.66. The molecule has 1 aliphatic heterocycles. The standard InChI is InChI=1S/C21H28N4O4/c1-21(2,3)25(20(27)28)17(19(26)24-8-10-29-11-9-24)13-14-4-5-16-15(12-14)6-7-23-18(16)22/h4-7,12,17H,8-11,13H2,1-3H3,(H2,22,23)(H,27,28). The molecule has 2 amide bonds. The third-order valence-electron chi connectivity index (χ3n) is 5.14. The molecule has 8 heteroatoms. The predicted molar refractivity (Wildman–Crippen MR) is 111 cm³/mol. The minimum absolute atomic E-state index is 0.194. The van der Waals surface area contributed by atoms with E-state index in [1.165, 1.54) is 4.90 Å². The van der Waals surface area contributed by atoms with Gasteiger partial charge >= 0.3 is 6.09 Å². The molecule has 8 nitrogen and oxygen atoms in total. The van der Waals surface area contributed by atoms with Crippen LogP contribution >= 0.6 is 0 Å². The summed E-state index contributed by atoms with van der Waals surface area (Å²) >= 11 is 0. The van der Waals surface area contributed by atoms with Crippen molar-refractivity contribution >= 4 is 28.6 Å².